The van der Waals surface area contributed by atoms with Crippen molar-refractivity contribution < 1.29 is 4.39 Å². The molecule has 1 saturated heterocycles. The molecule has 1 aromatic rings. The zero-order valence-electron chi connectivity index (χ0n) is 10.3. The number of benzene rings is 1. The number of hydrogen-bond donors (Lipinski definition) is 1. The standard InChI is InChI=1S/C14H18ClFN2/c15-14-10(2-1-3-13(14)16)8-17-11-6-7-18(9-11)12-4-5-12/h1-3,11-12,17H,4-9H2. The van der Waals surface area contributed by atoms with Crippen LogP contribution in [0.2, 0.25) is 5.02 Å². The number of nitrogens with zero attached hydrogens (tertiary/aromatic N) is 1. The van der Waals surface area contributed by atoms with E-state index in [2.05, 4.69) is 10.2 Å². The highest BCUT2D eigenvalue weighted by molar-refractivity contribution is 6.31. The second-order valence-electron chi connectivity index (χ2n) is 5.31. The first-order valence-electron chi connectivity index (χ1n) is 6.64. The Kier molecular flexibility index (Phi) is 3.55. The quantitative estimate of drug-likeness (QED) is 0.903. The second-order valence-corrected chi connectivity index (χ2v) is 5.68. The van der Waals surface area contributed by atoms with E-state index >= 15 is 0 Å². The van der Waals surface area contributed by atoms with Crippen LogP contribution in [0.4, 0.5) is 4.39 Å². The fraction of sp³-hybridized carbons (Fsp3) is 0.571. The van der Waals surface area contributed by atoms with E-state index in [0.717, 1.165) is 18.2 Å². The molecular formula is C14H18ClFN2. The molecule has 0 bridgehead atoms. The van der Waals surface area contributed by atoms with Gasteiger partial charge in [-0.2, -0.15) is 0 Å². The lowest BCUT2D eigenvalue weighted by Crippen LogP contribution is -2.32. The summed E-state index contributed by atoms with van der Waals surface area (Å²) in [5, 5.41) is 3.74. The highest BCUT2D eigenvalue weighted by Gasteiger charge is 2.34. The Morgan fingerprint density at radius 1 is 1.33 bits per heavy atom. The fourth-order valence-electron chi connectivity index (χ4n) is 2.66. The van der Waals surface area contributed by atoms with E-state index in [0.29, 0.717) is 12.6 Å². The van der Waals surface area contributed by atoms with E-state index in [1.807, 2.05) is 6.07 Å². The first-order chi connectivity index (χ1) is 8.74. The summed E-state index contributed by atoms with van der Waals surface area (Å²) < 4.78 is 13.3. The van der Waals surface area contributed by atoms with E-state index in [-0.39, 0.29) is 10.8 Å². The molecule has 1 aromatic carbocycles. The molecule has 18 heavy (non-hydrogen) atoms. The van der Waals surface area contributed by atoms with Crippen LogP contribution in [0.1, 0.15) is 24.8 Å². The zero-order chi connectivity index (χ0) is 12.5. The molecule has 0 radical (unpaired) electrons. The van der Waals surface area contributed by atoms with Crippen LogP contribution in [0.25, 0.3) is 0 Å². The number of halogens is 2. The monoisotopic (exact) mass is 268 g/mol. The molecule has 2 nitrogen and oxygen atoms in total. The molecule has 1 atom stereocenters. The van der Waals surface area contributed by atoms with Crippen LogP contribution in [0.5, 0.6) is 0 Å². The molecule has 0 spiro atoms. The smallest absolute Gasteiger partial charge is 0.142 e. The highest BCUT2D eigenvalue weighted by atomic mass is 35.5. The van der Waals surface area contributed by atoms with Crippen LogP contribution >= 0.6 is 11.6 Å². The molecule has 4 heteroatoms. The first-order valence-corrected chi connectivity index (χ1v) is 7.02. The van der Waals surface area contributed by atoms with Crippen LogP contribution in [0.3, 0.4) is 0 Å². The first kappa shape index (κ1) is 12.4. The Morgan fingerprint density at radius 2 is 2.17 bits per heavy atom. The Labute approximate surface area is 112 Å². The van der Waals surface area contributed by atoms with E-state index < -0.39 is 0 Å². The molecule has 2 fully saturated rings. The van der Waals surface area contributed by atoms with Crippen molar-refractivity contribution in [1.82, 2.24) is 10.2 Å². The van der Waals surface area contributed by atoms with Crippen LogP contribution < -0.4 is 5.32 Å². The lowest BCUT2D eigenvalue weighted by molar-refractivity contribution is 0.317. The maximum Gasteiger partial charge on any atom is 0.142 e. The molecule has 1 aliphatic carbocycles. The normalized spacial score (nSPS) is 24.7. The van der Waals surface area contributed by atoms with Crippen LogP contribution in [-0.4, -0.2) is 30.1 Å². The second kappa shape index (κ2) is 5.16. The van der Waals surface area contributed by atoms with Gasteiger partial charge in [-0.1, -0.05) is 23.7 Å². The summed E-state index contributed by atoms with van der Waals surface area (Å²) in [4.78, 5) is 2.56. The van der Waals surface area contributed by atoms with Gasteiger partial charge in [-0.3, -0.25) is 4.90 Å². The minimum atomic E-state index is -0.331. The van der Waals surface area contributed by atoms with E-state index in [1.165, 1.54) is 31.9 Å². The Hall–Kier alpha value is -0.640. The lowest BCUT2D eigenvalue weighted by Gasteiger charge is -2.16. The molecular weight excluding hydrogens is 251 g/mol. The summed E-state index contributed by atoms with van der Waals surface area (Å²) in [6, 6.07) is 6.35. The molecule has 1 aliphatic heterocycles. The predicted molar refractivity (Wildman–Crippen MR) is 71.2 cm³/mol. The van der Waals surface area contributed by atoms with Gasteiger partial charge in [0.2, 0.25) is 0 Å². The van der Waals surface area contributed by atoms with Gasteiger partial charge in [-0.05, 0) is 30.9 Å². The van der Waals surface area contributed by atoms with Crippen molar-refractivity contribution in [2.24, 2.45) is 0 Å². The summed E-state index contributed by atoms with van der Waals surface area (Å²) in [6.07, 6.45) is 3.91. The van der Waals surface area contributed by atoms with Crippen molar-refractivity contribution in [2.75, 3.05) is 13.1 Å². The summed E-state index contributed by atoms with van der Waals surface area (Å²) in [5.41, 5.74) is 0.849. The van der Waals surface area contributed by atoms with Crippen molar-refractivity contribution in [3.05, 3.63) is 34.6 Å². The molecule has 0 amide bonds. The number of rotatable bonds is 4. The molecule has 98 valence electrons. The van der Waals surface area contributed by atoms with Crippen molar-refractivity contribution >= 4 is 11.6 Å². The van der Waals surface area contributed by atoms with Crippen molar-refractivity contribution in [3.63, 3.8) is 0 Å². The van der Waals surface area contributed by atoms with Gasteiger partial charge in [0.15, 0.2) is 0 Å². The van der Waals surface area contributed by atoms with Gasteiger partial charge in [0, 0.05) is 31.7 Å². The Bertz CT molecular complexity index is 434. The molecule has 1 unspecified atom stereocenters. The fourth-order valence-corrected chi connectivity index (χ4v) is 2.86. The maximum atomic E-state index is 13.3. The average Bonchev–Trinajstić information content (AvgIpc) is 3.11. The molecule has 0 aromatic heterocycles. The SMILES string of the molecule is Fc1cccc(CNC2CCN(C3CC3)C2)c1Cl. The summed E-state index contributed by atoms with van der Waals surface area (Å²) in [7, 11) is 0. The third-order valence-electron chi connectivity index (χ3n) is 3.90. The molecule has 1 N–H and O–H groups in total. The van der Waals surface area contributed by atoms with Gasteiger partial charge < -0.3 is 5.32 Å². The number of likely N-dealkylation sites (tertiary alicyclic amines) is 1. The maximum absolute atomic E-state index is 13.3. The molecule has 1 heterocycles. The van der Waals surface area contributed by atoms with Gasteiger partial charge in [0.1, 0.15) is 5.82 Å². The molecule has 1 saturated carbocycles. The van der Waals surface area contributed by atoms with E-state index in [1.54, 1.807) is 6.07 Å². The molecule has 3 rings (SSSR count). The average molecular weight is 269 g/mol. The largest absolute Gasteiger partial charge is 0.309 e. The van der Waals surface area contributed by atoms with Gasteiger partial charge in [-0.15, -0.1) is 0 Å². The topological polar surface area (TPSA) is 15.3 Å². The van der Waals surface area contributed by atoms with E-state index in [4.69, 9.17) is 11.6 Å². The van der Waals surface area contributed by atoms with Crippen molar-refractivity contribution in [3.8, 4) is 0 Å². The zero-order valence-corrected chi connectivity index (χ0v) is 11.1. The summed E-state index contributed by atoms with van der Waals surface area (Å²) in [5.74, 6) is -0.331. The highest BCUT2D eigenvalue weighted by Crippen LogP contribution is 2.30. The van der Waals surface area contributed by atoms with Gasteiger partial charge >= 0.3 is 0 Å². The van der Waals surface area contributed by atoms with Crippen LogP contribution in [0.15, 0.2) is 18.2 Å². The lowest BCUT2D eigenvalue weighted by atomic mass is 10.2. The van der Waals surface area contributed by atoms with Crippen molar-refractivity contribution in [1.29, 1.82) is 0 Å². The van der Waals surface area contributed by atoms with Crippen LogP contribution in [-0.2, 0) is 6.54 Å². The Morgan fingerprint density at radius 3 is 2.94 bits per heavy atom. The number of hydrogen-bond acceptors (Lipinski definition) is 2. The van der Waals surface area contributed by atoms with Crippen molar-refractivity contribution in [2.45, 2.75) is 37.9 Å². The van der Waals surface area contributed by atoms with Gasteiger partial charge in [0.05, 0.1) is 5.02 Å². The molecule has 2 aliphatic rings. The summed E-state index contributed by atoms with van der Waals surface area (Å²) >= 11 is 5.94. The third-order valence-corrected chi connectivity index (χ3v) is 4.32. The van der Waals surface area contributed by atoms with Gasteiger partial charge in [-0.25, -0.2) is 4.39 Å². The Balaban J connectivity index is 1.53. The number of nitrogens with one attached hydrogen (secondary N) is 1. The van der Waals surface area contributed by atoms with E-state index in [9.17, 15) is 4.39 Å². The van der Waals surface area contributed by atoms with Gasteiger partial charge in [0.25, 0.3) is 0 Å². The summed E-state index contributed by atoms with van der Waals surface area (Å²) in [6.45, 7) is 2.97. The predicted octanol–water partition coefficient (Wildman–Crippen LogP) is 2.81. The third kappa shape index (κ3) is 2.68. The van der Waals surface area contributed by atoms with Crippen LogP contribution in [0, 0.1) is 5.82 Å². The minimum Gasteiger partial charge on any atom is -0.309 e. The minimum absolute atomic E-state index is 0.252.